The van der Waals surface area contributed by atoms with Crippen LogP contribution >= 0.6 is 0 Å². The molecule has 3 rings (SSSR count). The lowest BCUT2D eigenvalue weighted by Gasteiger charge is -2.06. The molecule has 0 fully saturated rings. The summed E-state index contributed by atoms with van der Waals surface area (Å²) in [6, 6.07) is 10.4. The van der Waals surface area contributed by atoms with E-state index in [4.69, 9.17) is 10.2 Å². The highest BCUT2D eigenvalue weighted by atomic mass is 19.1. The molecule has 0 unspecified atom stereocenters. The molecule has 0 bridgehead atoms. The first-order valence-corrected chi connectivity index (χ1v) is 5.61. The molecule has 0 aliphatic rings. The summed E-state index contributed by atoms with van der Waals surface area (Å²) in [4.78, 5) is 4.05. The predicted octanol–water partition coefficient (Wildman–Crippen LogP) is 3.09. The molecule has 0 aliphatic carbocycles. The number of nitrogens with zero attached hydrogens (tertiary/aromatic N) is 1. The minimum absolute atomic E-state index is 0.247. The van der Waals surface area contributed by atoms with E-state index < -0.39 is 0 Å². The van der Waals surface area contributed by atoms with Gasteiger partial charge in [0.05, 0.1) is 0 Å². The van der Waals surface area contributed by atoms with Crippen molar-refractivity contribution >= 4 is 10.8 Å². The molecule has 4 heteroatoms. The van der Waals surface area contributed by atoms with Crippen LogP contribution in [-0.4, -0.2) is 4.98 Å². The Kier molecular flexibility index (Phi) is 2.57. The van der Waals surface area contributed by atoms with Gasteiger partial charge >= 0.3 is 0 Å². The SMILES string of the molecule is NCc1ncoc1-c1ccc(F)c2ccccc12. The number of rotatable bonds is 2. The number of nitrogens with two attached hydrogens (primary N) is 1. The van der Waals surface area contributed by atoms with Gasteiger partial charge in [-0.2, -0.15) is 0 Å². The number of fused-ring (bicyclic) bond motifs is 1. The summed E-state index contributed by atoms with van der Waals surface area (Å²) < 4.78 is 19.1. The van der Waals surface area contributed by atoms with E-state index in [9.17, 15) is 4.39 Å². The second kappa shape index (κ2) is 4.23. The summed E-state index contributed by atoms with van der Waals surface area (Å²) in [6.07, 6.45) is 1.36. The minimum atomic E-state index is -0.247. The molecule has 3 aromatic rings. The first-order valence-electron chi connectivity index (χ1n) is 5.61. The van der Waals surface area contributed by atoms with E-state index in [0.29, 0.717) is 16.8 Å². The van der Waals surface area contributed by atoms with E-state index in [0.717, 1.165) is 10.9 Å². The molecule has 0 aliphatic heterocycles. The highest BCUT2D eigenvalue weighted by Crippen LogP contribution is 2.31. The number of halogens is 1. The van der Waals surface area contributed by atoms with Crippen LogP contribution in [0.5, 0.6) is 0 Å². The van der Waals surface area contributed by atoms with E-state index in [1.54, 1.807) is 18.2 Å². The van der Waals surface area contributed by atoms with Crippen LogP contribution in [-0.2, 0) is 6.54 Å². The van der Waals surface area contributed by atoms with Crippen molar-refractivity contribution in [1.82, 2.24) is 4.98 Å². The van der Waals surface area contributed by atoms with Crippen LogP contribution in [0.15, 0.2) is 47.2 Å². The maximum absolute atomic E-state index is 13.7. The average Bonchev–Trinajstić information content (AvgIpc) is 2.88. The van der Waals surface area contributed by atoms with E-state index in [-0.39, 0.29) is 12.4 Å². The molecule has 2 N–H and O–H groups in total. The molecule has 90 valence electrons. The number of benzene rings is 2. The molecule has 1 heterocycles. The molecule has 18 heavy (non-hydrogen) atoms. The average molecular weight is 242 g/mol. The van der Waals surface area contributed by atoms with Crippen LogP contribution < -0.4 is 5.73 Å². The molecule has 1 aromatic heterocycles. The molecule has 0 amide bonds. The Bertz CT molecular complexity index is 706. The van der Waals surface area contributed by atoms with Gasteiger partial charge in [0.1, 0.15) is 11.5 Å². The summed E-state index contributed by atoms with van der Waals surface area (Å²) in [7, 11) is 0. The van der Waals surface area contributed by atoms with Gasteiger partial charge in [-0.25, -0.2) is 9.37 Å². The quantitative estimate of drug-likeness (QED) is 0.751. The van der Waals surface area contributed by atoms with E-state index in [1.165, 1.54) is 12.5 Å². The number of hydrogen-bond donors (Lipinski definition) is 1. The monoisotopic (exact) mass is 242 g/mol. The summed E-state index contributed by atoms with van der Waals surface area (Å²) in [5.74, 6) is 0.358. The summed E-state index contributed by atoms with van der Waals surface area (Å²) in [5.41, 5.74) is 7.09. The first-order chi connectivity index (χ1) is 8.81. The van der Waals surface area contributed by atoms with Crippen LogP contribution in [0, 0.1) is 5.82 Å². The Hall–Kier alpha value is -2.20. The zero-order valence-corrected chi connectivity index (χ0v) is 9.56. The molecule has 0 spiro atoms. The fraction of sp³-hybridized carbons (Fsp3) is 0.0714. The predicted molar refractivity (Wildman–Crippen MR) is 67.3 cm³/mol. The molecule has 0 radical (unpaired) electrons. The fourth-order valence-corrected chi connectivity index (χ4v) is 2.09. The van der Waals surface area contributed by atoms with Crippen LogP contribution in [0.1, 0.15) is 5.69 Å². The third kappa shape index (κ3) is 1.58. The number of aromatic nitrogens is 1. The van der Waals surface area contributed by atoms with Crippen molar-refractivity contribution in [2.24, 2.45) is 5.73 Å². The van der Waals surface area contributed by atoms with Gasteiger partial charge in [0, 0.05) is 17.5 Å². The normalized spacial score (nSPS) is 11.0. The van der Waals surface area contributed by atoms with Gasteiger partial charge in [-0.05, 0) is 17.5 Å². The Morgan fingerprint density at radius 1 is 1.11 bits per heavy atom. The third-order valence-electron chi connectivity index (χ3n) is 2.95. The lowest BCUT2D eigenvalue weighted by molar-refractivity contribution is 0.571. The zero-order chi connectivity index (χ0) is 12.5. The topological polar surface area (TPSA) is 52.0 Å². The second-order valence-corrected chi connectivity index (χ2v) is 3.97. The maximum atomic E-state index is 13.7. The summed E-state index contributed by atoms with van der Waals surface area (Å²) in [5, 5.41) is 1.36. The molecule has 0 atom stereocenters. The largest absolute Gasteiger partial charge is 0.443 e. The van der Waals surface area contributed by atoms with Crippen molar-refractivity contribution in [3.63, 3.8) is 0 Å². The van der Waals surface area contributed by atoms with Gasteiger partial charge in [-0.3, -0.25) is 0 Å². The molecule has 3 nitrogen and oxygen atoms in total. The van der Waals surface area contributed by atoms with Crippen LogP contribution in [0.4, 0.5) is 4.39 Å². The van der Waals surface area contributed by atoms with Gasteiger partial charge in [0.25, 0.3) is 0 Å². The Morgan fingerprint density at radius 2 is 1.89 bits per heavy atom. The Labute approximate surface area is 103 Å². The van der Waals surface area contributed by atoms with Crippen molar-refractivity contribution < 1.29 is 8.81 Å². The van der Waals surface area contributed by atoms with Crippen molar-refractivity contribution in [3.8, 4) is 11.3 Å². The molecule has 0 saturated heterocycles. The van der Waals surface area contributed by atoms with E-state index >= 15 is 0 Å². The molecule has 2 aromatic carbocycles. The van der Waals surface area contributed by atoms with Crippen molar-refractivity contribution in [3.05, 3.63) is 54.3 Å². The van der Waals surface area contributed by atoms with E-state index in [2.05, 4.69) is 4.98 Å². The smallest absolute Gasteiger partial charge is 0.181 e. The minimum Gasteiger partial charge on any atom is -0.443 e. The Morgan fingerprint density at radius 3 is 2.67 bits per heavy atom. The van der Waals surface area contributed by atoms with Crippen LogP contribution in [0.2, 0.25) is 0 Å². The van der Waals surface area contributed by atoms with E-state index in [1.807, 2.05) is 12.1 Å². The highest BCUT2D eigenvalue weighted by molar-refractivity contribution is 5.96. The highest BCUT2D eigenvalue weighted by Gasteiger charge is 2.13. The molecule has 0 saturated carbocycles. The van der Waals surface area contributed by atoms with Gasteiger partial charge < -0.3 is 10.2 Å². The lowest BCUT2D eigenvalue weighted by Crippen LogP contribution is -1.98. The Balaban J connectivity index is 2.34. The second-order valence-electron chi connectivity index (χ2n) is 3.97. The van der Waals surface area contributed by atoms with Crippen LogP contribution in [0.3, 0.4) is 0 Å². The fourth-order valence-electron chi connectivity index (χ4n) is 2.09. The van der Waals surface area contributed by atoms with Crippen molar-refractivity contribution in [2.45, 2.75) is 6.54 Å². The van der Waals surface area contributed by atoms with Gasteiger partial charge in [0.15, 0.2) is 12.2 Å². The van der Waals surface area contributed by atoms with Crippen molar-refractivity contribution in [1.29, 1.82) is 0 Å². The maximum Gasteiger partial charge on any atom is 0.181 e. The molecular formula is C14H11FN2O. The zero-order valence-electron chi connectivity index (χ0n) is 9.56. The summed E-state index contributed by atoms with van der Waals surface area (Å²) >= 11 is 0. The number of hydrogen-bond acceptors (Lipinski definition) is 3. The van der Waals surface area contributed by atoms with Gasteiger partial charge in [0.2, 0.25) is 0 Å². The van der Waals surface area contributed by atoms with Gasteiger partial charge in [-0.1, -0.05) is 24.3 Å². The summed E-state index contributed by atoms with van der Waals surface area (Å²) in [6.45, 7) is 0.289. The number of oxazole rings is 1. The van der Waals surface area contributed by atoms with Gasteiger partial charge in [-0.15, -0.1) is 0 Å². The van der Waals surface area contributed by atoms with Crippen molar-refractivity contribution in [2.75, 3.05) is 0 Å². The standard InChI is InChI=1S/C14H11FN2O/c15-12-6-5-11(9-3-1-2-4-10(9)12)14-13(7-16)17-8-18-14/h1-6,8H,7,16H2. The van der Waals surface area contributed by atoms with Crippen LogP contribution in [0.25, 0.3) is 22.1 Å². The third-order valence-corrected chi connectivity index (χ3v) is 2.95. The molecular weight excluding hydrogens is 231 g/mol. The first kappa shape index (κ1) is 10.9. The lowest BCUT2D eigenvalue weighted by atomic mass is 10.0.